The summed E-state index contributed by atoms with van der Waals surface area (Å²) >= 11 is 0. The summed E-state index contributed by atoms with van der Waals surface area (Å²) in [7, 11) is 0. The zero-order chi connectivity index (χ0) is 17.1. The number of aromatic nitrogens is 2. The van der Waals surface area contributed by atoms with Crippen molar-refractivity contribution in [3.05, 3.63) is 47.7 Å². The van der Waals surface area contributed by atoms with Crippen LogP contribution in [0, 0.1) is 12.7 Å². The van der Waals surface area contributed by atoms with Crippen molar-refractivity contribution >= 4 is 11.7 Å². The number of carbonyl (C=O) groups excluding carboxylic acids is 1. The molecule has 1 aliphatic heterocycles. The number of nitrogens with one attached hydrogen (secondary N) is 1. The third kappa shape index (κ3) is 4.05. The maximum absolute atomic E-state index is 12.9. The van der Waals surface area contributed by atoms with Gasteiger partial charge in [0.25, 0.3) is 5.91 Å². The highest BCUT2D eigenvalue weighted by Crippen LogP contribution is 2.22. The minimum Gasteiger partial charge on any atom is -0.488 e. The van der Waals surface area contributed by atoms with Crippen LogP contribution >= 0.6 is 0 Å². The number of nitrogens with zero attached hydrogens (tertiary/aromatic N) is 2. The number of hydrogen-bond acceptors (Lipinski definition) is 5. The minimum atomic E-state index is -0.467. The van der Waals surface area contributed by atoms with Gasteiger partial charge in [-0.05, 0) is 26.0 Å². The largest absolute Gasteiger partial charge is 0.488 e. The van der Waals surface area contributed by atoms with Gasteiger partial charge in [0, 0.05) is 24.2 Å². The summed E-state index contributed by atoms with van der Waals surface area (Å²) in [4.78, 5) is 20.3. The van der Waals surface area contributed by atoms with Gasteiger partial charge in [-0.15, -0.1) is 0 Å². The van der Waals surface area contributed by atoms with Gasteiger partial charge in [0.15, 0.2) is 0 Å². The first kappa shape index (κ1) is 16.3. The first-order valence-corrected chi connectivity index (χ1v) is 7.69. The van der Waals surface area contributed by atoms with Gasteiger partial charge in [-0.2, -0.15) is 0 Å². The van der Waals surface area contributed by atoms with E-state index in [1.807, 2.05) is 6.92 Å². The molecule has 0 saturated carbocycles. The Morgan fingerprint density at radius 3 is 2.92 bits per heavy atom. The summed E-state index contributed by atoms with van der Waals surface area (Å²) in [6.45, 7) is 4.31. The van der Waals surface area contributed by atoms with E-state index in [4.69, 9.17) is 9.47 Å². The van der Waals surface area contributed by atoms with Crippen molar-refractivity contribution in [2.75, 3.05) is 11.9 Å². The van der Waals surface area contributed by atoms with Gasteiger partial charge in [-0.25, -0.2) is 14.4 Å². The zero-order valence-electron chi connectivity index (χ0n) is 13.5. The van der Waals surface area contributed by atoms with Crippen LogP contribution in [0.4, 0.5) is 10.2 Å². The molecule has 3 heterocycles. The number of halogens is 1. The van der Waals surface area contributed by atoms with Crippen LogP contribution in [0.25, 0.3) is 0 Å². The third-order valence-corrected chi connectivity index (χ3v) is 3.59. The van der Waals surface area contributed by atoms with Crippen molar-refractivity contribution in [3.8, 4) is 5.75 Å². The second-order valence-electron chi connectivity index (χ2n) is 5.76. The van der Waals surface area contributed by atoms with E-state index in [0.717, 1.165) is 12.6 Å². The molecule has 0 aliphatic carbocycles. The molecule has 3 rings (SSSR count). The Hall–Kier alpha value is -2.54. The van der Waals surface area contributed by atoms with Crippen molar-refractivity contribution in [1.29, 1.82) is 0 Å². The summed E-state index contributed by atoms with van der Waals surface area (Å²) in [6, 6.07) is 5.96. The van der Waals surface area contributed by atoms with Crippen LogP contribution in [0.5, 0.6) is 5.75 Å². The summed E-state index contributed by atoms with van der Waals surface area (Å²) in [5.74, 6) is -0.0725. The van der Waals surface area contributed by atoms with Crippen LogP contribution in [0.2, 0.25) is 0 Å². The molecule has 0 unspecified atom stereocenters. The van der Waals surface area contributed by atoms with Crippen LogP contribution in [0.3, 0.4) is 0 Å². The van der Waals surface area contributed by atoms with E-state index >= 15 is 0 Å². The van der Waals surface area contributed by atoms with E-state index in [9.17, 15) is 9.18 Å². The van der Waals surface area contributed by atoms with Crippen molar-refractivity contribution in [2.45, 2.75) is 32.5 Å². The highest BCUT2D eigenvalue weighted by atomic mass is 19.1. The number of ether oxygens (including phenoxy) is 2. The van der Waals surface area contributed by atoms with Gasteiger partial charge in [0.05, 0.1) is 18.9 Å². The van der Waals surface area contributed by atoms with Crippen LogP contribution in [0.15, 0.2) is 30.5 Å². The van der Waals surface area contributed by atoms with Gasteiger partial charge in [0.2, 0.25) is 0 Å². The third-order valence-electron chi connectivity index (χ3n) is 3.59. The number of aryl methyl sites for hydroxylation is 1. The number of rotatable bonds is 4. The lowest BCUT2D eigenvalue weighted by Gasteiger charge is -2.13. The quantitative estimate of drug-likeness (QED) is 0.932. The fourth-order valence-corrected chi connectivity index (χ4v) is 2.50. The Morgan fingerprint density at radius 1 is 1.42 bits per heavy atom. The second-order valence-corrected chi connectivity index (χ2v) is 5.76. The normalized spacial score (nSPS) is 20.0. The molecular formula is C17H18FN3O3. The molecule has 0 aromatic carbocycles. The van der Waals surface area contributed by atoms with Crippen LogP contribution in [-0.2, 0) is 4.74 Å². The number of amides is 1. The predicted octanol–water partition coefficient (Wildman–Crippen LogP) is 2.73. The number of carbonyl (C=O) groups is 1. The topological polar surface area (TPSA) is 73.3 Å². The van der Waals surface area contributed by atoms with E-state index in [1.54, 1.807) is 19.1 Å². The van der Waals surface area contributed by atoms with Crippen molar-refractivity contribution in [3.63, 3.8) is 0 Å². The smallest absolute Gasteiger partial charge is 0.275 e. The summed E-state index contributed by atoms with van der Waals surface area (Å²) in [6.07, 6.45) is 1.99. The lowest BCUT2D eigenvalue weighted by atomic mass is 10.2. The predicted molar refractivity (Wildman–Crippen MR) is 85.6 cm³/mol. The molecule has 126 valence electrons. The average molecular weight is 331 g/mol. The molecule has 1 aliphatic rings. The van der Waals surface area contributed by atoms with E-state index in [1.165, 1.54) is 12.1 Å². The molecular weight excluding hydrogens is 313 g/mol. The van der Waals surface area contributed by atoms with E-state index in [2.05, 4.69) is 15.3 Å². The molecule has 1 amide bonds. The van der Waals surface area contributed by atoms with Crippen molar-refractivity contribution in [1.82, 2.24) is 9.97 Å². The lowest BCUT2D eigenvalue weighted by Crippen LogP contribution is -2.18. The molecule has 1 saturated heterocycles. The average Bonchev–Trinajstić information content (AvgIpc) is 2.94. The first-order valence-electron chi connectivity index (χ1n) is 7.69. The lowest BCUT2D eigenvalue weighted by molar-refractivity contribution is 0.101. The number of pyridine rings is 2. The molecule has 1 fully saturated rings. The summed E-state index contributed by atoms with van der Waals surface area (Å²) < 4.78 is 24.2. The van der Waals surface area contributed by atoms with Gasteiger partial charge in [0.1, 0.15) is 29.2 Å². The molecule has 7 heteroatoms. The fourth-order valence-electron chi connectivity index (χ4n) is 2.50. The van der Waals surface area contributed by atoms with E-state index < -0.39 is 11.7 Å². The Bertz CT molecular complexity index is 736. The summed E-state index contributed by atoms with van der Waals surface area (Å²) in [5.41, 5.74) is 0.875. The van der Waals surface area contributed by atoms with E-state index in [-0.39, 0.29) is 23.7 Å². The van der Waals surface area contributed by atoms with Crippen molar-refractivity contribution < 1.29 is 18.7 Å². The molecule has 2 aromatic rings. The van der Waals surface area contributed by atoms with Crippen LogP contribution < -0.4 is 10.1 Å². The van der Waals surface area contributed by atoms with Gasteiger partial charge < -0.3 is 14.8 Å². The molecule has 6 nitrogen and oxygen atoms in total. The van der Waals surface area contributed by atoms with Crippen molar-refractivity contribution in [2.24, 2.45) is 0 Å². The molecule has 24 heavy (non-hydrogen) atoms. The molecule has 2 aromatic heterocycles. The molecule has 0 spiro atoms. The zero-order valence-corrected chi connectivity index (χ0v) is 13.5. The highest BCUT2D eigenvalue weighted by Gasteiger charge is 2.24. The molecule has 0 bridgehead atoms. The standard InChI is InChI=1S/C17H18FN3O3/c1-10-5-13(24-14-6-11(2)23-9-14)7-15(20-10)17(22)21-16-4-3-12(18)8-19-16/h3-5,7-8,11,14H,6,9H2,1-2H3,(H,19,21,22)/t11-,14-/m0/s1. The van der Waals surface area contributed by atoms with Crippen LogP contribution in [-0.4, -0.2) is 34.7 Å². The minimum absolute atomic E-state index is 0.0310. The summed E-state index contributed by atoms with van der Waals surface area (Å²) in [5, 5.41) is 2.58. The maximum Gasteiger partial charge on any atom is 0.275 e. The Labute approximate surface area is 139 Å². The van der Waals surface area contributed by atoms with E-state index in [0.29, 0.717) is 18.1 Å². The molecule has 1 N–H and O–H groups in total. The Morgan fingerprint density at radius 2 is 2.25 bits per heavy atom. The first-order chi connectivity index (χ1) is 11.5. The second kappa shape index (κ2) is 6.92. The number of anilines is 1. The Kier molecular flexibility index (Phi) is 4.71. The van der Waals surface area contributed by atoms with Gasteiger partial charge in [-0.3, -0.25) is 4.79 Å². The van der Waals surface area contributed by atoms with Crippen LogP contribution in [0.1, 0.15) is 29.5 Å². The number of hydrogen-bond donors (Lipinski definition) is 1. The SMILES string of the molecule is Cc1cc(O[C@@H]2CO[C@@H](C)C2)cc(C(=O)Nc2ccc(F)cn2)n1. The Balaban J connectivity index is 1.72. The monoisotopic (exact) mass is 331 g/mol. The molecule has 2 atom stereocenters. The molecule has 0 radical (unpaired) electrons. The fraction of sp³-hybridized carbons (Fsp3) is 0.353. The van der Waals surface area contributed by atoms with Gasteiger partial charge in [-0.1, -0.05) is 0 Å². The maximum atomic E-state index is 12.9. The van der Waals surface area contributed by atoms with Gasteiger partial charge >= 0.3 is 0 Å². The highest BCUT2D eigenvalue weighted by molar-refractivity contribution is 6.02.